The molecule has 1 saturated heterocycles. The Balaban J connectivity index is 1.06. The zero-order valence-corrected chi connectivity index (χ0v) is 31.4. The van der Waals surface area contributed by atoms with Gasteiger partial charge in [-0.3, -0.25) is 9.59 Å². The number of hydrogen-bond acceptors (Lipinski definition) is 7. The molecule has 0 unspecified atom stereocenters. The number of para-hydroxylation sites is 2. The Morgan fingerprint density at radius 1 is 0.887 bits per heavy atom. The molecule has 1 aliphatic heterocycles. The lowest BCUT2D eigenvalue weighted by molar-refractivity contribution is -0.147. The van der Waals surface area contributed by atoms with E-state index in [1.165, 1.54) is 29.0 Å². The number of hydrogen-bond donors (Lipinski definition) is 0. The highest BCUT2D eigenvalue weighted by atomic mass is 19.1. The number of imidazole rings is 1. The first-order chi connectivity index (χ1) is 25.9. The van der Waals surface area contributed by atoms with Gasteiger partial charge in [-0.2, -0.15) is 0 Å². The number of halogens is 1. The molecule has 1 fully saturated rings. The molecule has 0 radical (unpaired) electrons. The van der Waals surface area contributed by atoms with Crippen molar-refractivity contribution in [1.82, 2.24) is 19.1 Å². The largest absolute Gasteiger partial charge is 0.444 e. The minimum atomic E-state index is -0.299. The summed E-state index contributed by atoms with van der Waals surface area (Å²) in [5, 5.41) is 0. The predicted molar refractivity (Wildman–Crippen MR) is 213 cm³/mol. The van der Waals surface area contributed by atoms with Gasteiger partial charge in [-0.05, 0) is 81.2 Å². The Labute approximate surface area is 313 Å². The fourth-order valence-corrected chi connectivity index (χ4v) is 6.77. The molecule has 1 aliphatic rings. The third kappa shape index (κ3) is 11.8. The van der Waals surface area contributed by atoms with Crippen molar-refractivity contribution in [3.8, 4) is 0 Å². The number of unbranched alkanes of at least 4 members (excludes halogenated alkanes) is 5. The van der Waals surface area contributed by atoms with Gasteiger partial charge in [0, 0.05) is 44.9 Å². The molecule has 0 atom stereocenters. The van der Waals surface area contributed by atoms with E-state index in [-0.39, 0.29) is 30.1 Å². The maximum absolute atomic E-state index is 13.6. The van der Waals surface area contributed by atoms with E-state index >= 15 is 0 Å². The van der Waals surface area contributed by atoms with Crippen molar-refractivity contribution in [1.29, 1.82) is 0 Å². The number of rotatable bonds is 20. The van der Waals surface area contributed by atoms with Gasteiger partial charge in [0.2, 0.25) is 11.9 Å². The van der Waals surface area contributed by atoms with Gasteiger partial charge >= 0.3 is 5.97 Å². The Bertz CT molecular complexity index is 1870. The van der Waals surface area contributed by atoms with Gasteiger partial charge in [0.25, 0.3) is 5.56 Å². The topological polar surface area (TPSA) is 85.5 Å². The summed E-state index contributed by atoms with van der Waals surface area (Å²) < 4.78 is 22.8. The van der Waals surface area contributed by atoms with Crippen LogP contribution in [0.4, 0.5) is 16.3 Å². The molecule has 4 aromatic rings. The number of benzene rings is 2. The number of nitrogens with zero attached hydrogens (tertiary/aromatic N) is 6. The lowest BCUT2D eigenvalue weighted by Crippen LogP contribution is -2.46. The maximum Gasteiger partial charge on any atom is 0.307 e. The molecule has 9 nitrogen and oxygen atoms in total. The SMILES string of the molecule is CCC=CCC=CCC=CCCCCCCCC(=O)OCn1c(N(C)C2CCN(c3nc4ccccc4n3Cc3ccc(F)cc3)CC2)nccc1=O. The van der Waals surface area contributed by atoms with Gasteiger partial charge in [0.1, 0.15) is 5.82 Å². The van der Waals surface area contributed by atoms with Crippen LogP contribution in [-0.2, 0) is 22.8 Å². The quantitative estimate of drug-likeness (QED) is 0.0512. The number of carbonyl (C=O) groups is 1. The summed E-state index contributed by atoms with van der Waals surface area (Å²) in [6, 6.07) is 16.2. The number of ether oxygens (including phenoxy) is 1. The highest BCUT2D eigenvalue weighted by Gasteiger charge is 2.28. The number of aromatic nitrogens is 4. The fourth-order valence-electron chi connectivity index (χ4n) is 6.77. The molecule has 2 aromatic heterocycles. The number of esters is 1. The number of anilines is 2. The molecular weight excluding hydrogens is 668 g/mol. The Morgan fingerprint density at radius 2 is 1.58 bits per heavy atom. The first-order valence-electron chi connectivity index (χ1n) is 19.3. The summed E-state index contributed by atoms with van der Waals surface area (Å²) >= 11 is 0. The molecule has 5 rings (SSSR count). The zero-order valence-electron chi connectivity index (χ0n) is 31.4. The standard InChI is InChI=1S/C43H55FN6O3/c1-3-4-5-6-7-8-9-10-11-12-13-14-15-16-17-22-41(52)53-34-50-40(51)27-30-45-42(50)47(2)37-28-31-48(32-29-37)43-46-38-20-18-19-21-39(38)49(43)33-35-23-25-36(44)26-24-35/h4-5,7-8,10-11,18-21,23-27,30,37H,3,6,9,12-17,22,28-29,31-34H2,1-2H3. The van der Waals surface area contributed by atoms with Gasteiger partial charge in [-0.1, -0.05) is 86.9 Å². The van der Waals surface area contributed by atoms with Crippen LogP contribution in [0, 0.1) is 5.82 Å². The van der Waals surface area contributed by atoms with Crippen LogP contribution in [0.5, 0.6) is 0 Å². The van der Waals surface area contributed by atoms with E-state index in [1.54, 1.807) is 0 Å². The van der Waals surface area contributed by atoms with Gasteiger partial charge in [-0.25, -0.2) is 18.9 Å². The van der Waals surface area contributed by atoms with Gasteiger partial charge < -0.3 is 19.1 Å². The highest BCUT2D eigenvalue weighted by Crippen LogP contribution is 2.28. The van der Waals surface area contributed by atoms with E-state index in [0.717, 1.165) is 106 Å². The maximum atomic E-state index is 13.6. The molecule has 0 aliphatic carbocycles. The van der Waals surface area contributed by atoms with Crippen molar-refractivity contribution in [2.24, 2.45) is 0 Å². The first kappa shape index (κ1) is 39.2. The van der Waals surface area contributed by atoms with Gasteiger partial charge in [0.15, 0.2) is 6.73 Å². The number of allylic oxidation sites excluding steroid dienone is 6. The van der Waals surface area contributed by atoms with E-state index in [4.69, 9.17) is 9.72 Å². The number of carbonyl (C=O) groups excluding carboxylic acids is 1. The summed E-state index contributed by atoms with van der Waals surface area (Å²) in [6.45, 7) is 4.10. The van der Waals surface area contributed by atoms with E-state index < -0.39 is 0 Å². The average molecular weight is 723 g/mol. The van der Waals surface area contributed by atoms with Crippen LogP contribution in [0.25, 0.3) is 11.0 Å². The van der Waals surface area contributed by atoms with Crippen molar-refractivity contribution >= 4 is 28.9 Å². The highest BCUT2D eigenvalue weighted by molar-refractivity contribution is 5.79. The lowest BCUT2D eigenvalue weighted by atomic mass is 10.0. The molecule has 2 aromatic carbocycles. The van der Waals surface area contributed by atoms with E-state index in [1.807, 2.05) is 42.3 Å². The summed E-state index contributed by atoms with van der Waals surface area (Å²) in [4.78, 5) is 39.4. The van der Waals surface area contributed by atoms with E-state index in [9.17, 15) is 14.0 Å². The van der Waals surface area contributed by atoms with Crippen LogP contribution < -0.4 is 15.4 Å². The molecule has 0 N–H and O–H groups in total. The van der Waals surface area contributed by atoms with Crippen LogP contribution in [0.2, 0.25) is 0 Å². The molecule has 0 spiro atoms. The lowest BCUT2D eigenvalue weighted by Gasteiger charge is -2.38. The Morgan fingerprint density at radius 3 is 2.36 bits per heavy atom. The van der Waals surface area contributed by atoms with Crippen molar-refractivity contribution in [3.05, 3.63) is 119 Å². The second-order valence-electron chi connectivity index (χ2n) is 13.7. The monoisotopic (exact) mass is 722 g/mol. The third-order valence-electron chi connectivity index (χ3n) is 9.80. The molecule has 0 saturated carbocycles. The molecule has 53 heavy (non-hydrogen) atoms. The number of piperidine rings is 1. The van der Waals surface area contributed by atoms with Gasteiger partial charge in [0.05, 0.1) is 17.6 Å². The number of fused-ring (bicyclic) bond motifs is 1. The van der Waals surface area contributed by atoms with Crippen LogP contribution in [0.1, 0.15) is 89.5 Å². The molecule has 0 amide bonds. The van der Waals surface area contributed by atoms with Crippen LogP contribution >= 0.6 is 0 Å². The summed E-state index contributed by atoms with van der Waals surface area (Å²) in [6.07, 6.45) is 26.1. The summed E-state index contributed by atoms with van der Waals surface area (Å²) in [5.41, 5.74) is 2.71. The minimum absolute atomic E-state index is 0.128. The second kappa shape index (κ2) is 20.9. The van der Waals surface area contributed by atoms with Crippen LogP contribution in [0.15, 0.2) is 102 Å². The molecular formula is C43H55FN6O3. The molecule has 10 heteroatoms. The van der Waals surface area contributed by atoms with Gasteiger partial charge in [-0.15, -0.1) is 0 Å². The first-order valence-corrected chi connectivity index (χ1v) is 19.3. The zero-order chi connectivity index (χ0) is 37.3. The second-order valence-corrected chi connectivity index (χ2v) is 13.7. The normalized spacial score (nSPS) is 14.0. The molecule has 3 heterocycles. The molecule has 0 bridgehead atoms. The van der Waals surface area contributed by atoms with Crippen molar-refractivity contribution in [2.75, 3.05) is 29.9 Å². The predicted octanol–water partition coefficient (Wildman–Crippen LogP) is 8.98. The third-order valence-corrected chi connectivity index (χ3v) is 9.80. The van der Waals surface area contributed by atoms with Crippen molar-refractivity contribution in [2.45, 2.75) is 103 Å². The molecule has 282 valence electrons. The summed E-state index contributed by atoms with van der Waals surface area (Å²) in [5.74, 6) is 0.827. The Kier molecular flexibility index (Phi) is 15.5. The Hall–Kier alpha value is -4.99. The van der Waals surface area contributed by atoms with E-state index in [2.05, 4.69) is 63.9 Å². The van der Waals surface area contributed by atoms with Crippen LogP contribution in [0.3, 0.4) is 0 Å². The van der Waals surface area contributed by atoms with Crippen molar-refractivity contribution in [3.63, 3.8) is 0 Å². The van der Waals surface area contributed by atoms with Crippen LogP contribution in [-0.4, -0.2) is 51.3 Å². The smallest absolute Gasteiger partial charge is 0.307 e. The average Bonchev–Trinajstić information content (AvgIpc) is 3.54. The van der Waals surface area contributed by atoms with Crippen molar-refractivity contribution < 1.29 is 13.9 Å². The fraction of sp³-hybridized carbons (Fsp3) is 0.442. The summed E-state index contributed by atoms with van der Waals surface area (Å²) in [7, 11) is 1.95. The minimum Gasteiger partial charge on any atom is -0.444 e. The van der Waals surface area contributed by atoms with E-state index in [0.29, 0.717) is 18.9 Å².